The lowest BCUT2D eigenvalue weighted by Crippen LogP contribution is -2.20. The number of hydrogen-bond donors (Lipinski definition) is 1. The first-order chi connectivity index (χ1) is 16.0. The van der Waals surface area contributed by atoms with Gasteiger partial charge < -0.3 is 0 Å². The number of nitrogens with zero attached hydrogens (tertiary/aromatic N) is 4. The highest BCUT2D eigenvalue weighted by Gasteiger charge is 2.17. The molecule has 166 valence electrons. The fraction of sp³-hybridized carbons (Fsp3) is 0.0435. The summed E-state index contributed by atoms with van der Waals surface area (Å²) in [5, 5.41) is 14.5. The molecule has 10 heteroatoms. The quantitative estimate of drug-likeness (QED) is 0.165. The van der Waals surface area contributed by atoms with E-state index in [1.165, 1.54) is 11.8 Å². The number of nitrogens with one attached hydrogen (secondary N) is 1. The van der Waals surface area contributed by atoms with Gasteiger partial charge in [0.05, 0.1) is 12.0 Å². The number of amides is 1. The van der Waals surface area contributed by atoms with Crippen LogP contribution in [0.3, 0.4) is 0 Å². The fourth-order valence-electron chi connectivity index (χ4n) is 2.90. The number of thioether (sulfide) groups is 1. The van der Waals surface area contributed by atoms with Gasteiger partial charge in [-0.3, -0.25) is 9.36 Å². The van der Waals surface area contributed by atoms with Crippen molar-refractivity contribution in [1.82, 2.24) is 20.2 Å². The standard InChI is InChI=1S/C23H16BrCl2N5OS/c24-17-3-1-2-15(12-17)13-27-28-21(32)14-33-23-30-29-22(16-4-6-18(25)7-5-16)31(23)20-10-8-19(26)9-11-20/h1-13H,14H2,(H,28,32)/b27-13+. The average Bonchev–Trinajstić information content (AvgIpc) is 3.23. The molecular weight excluding hydrogens is 545 g/mol. The van der Waals surface area contributed by atoms with E-state index in [4.69, 9.17) is 23.2 Å². The molecule has 1 amide bonds. The van der Waals surface area contributed by atoms with Crippen molar-refractivity contribution < 1.29 is 4.79 Å². The predicted molar refractivity (Wildman–Crippen MR) is 137 cm³/mol. The number of hydrazone groups is 1. The van der Waals surface area contributed by atoms with Crippen molar-refractivity contribution in [2.45, 2.75) is 5.16 Å². The van der Waals surface area contributed by atoms with Gasteiger partial charge in [-0.15, -0.1) is 10.2 Å². The zero-order chi connectivity index (χ0) is 23.2. The van der Waals surface area contributed by atoms with E-state index in [0.29, 0.717) is 21.0 Å². The van der Waals surface area contributed by atoms with Crippen LogP contribution < -0.4 is 5.43 Å². The summed E-state index contributed by atoms with van der Waals surface area (Å²) in [5.41, 5.74) is 5.07. The van der Waals surface area contributed by atoms with Crippen LogP contribution in [0.1, 0.15) is 5.56 Å². The van der Waals surface area contributed by atoms with Crippen LogP contribution in [-0.2, 0) is 4.79 Å². The topological polar surface area (TPSA) is 72.2 Å². The van der Waals surface area contributed by atoms with Crippen LogP contribution in [0.2, 0.25) is 10.0 Å². The average molecular weight is 561 g/mol. The zero-order valence-corrected chi connectivity index (χ0v) is 20.9. The minimum absolute atomic E-state index is 0.113. The Morgan fingerprint density at radius 3 is 2.42 bits per heavy atom. The van der Waals surface area contributed by atoms with Crippen molar-refractivity contribution >= 4 is 63.0 Å². The molecule has 3 aromatic carbocycles. The molecule has 0 spiro atoms. The highest BCUT2D eigenvalue weighted by molar-refractivity contribution is 9.10. The monoisotopic (exact) mass is 559 g/mol. The Hall–Kier alpha value is -2.65. The SMILES string of the molecule is O=C(CSc1nnc(-c2ccc(Cl)cc2)n1-c1ccc(Cl)cc1)N/N=C/c1cccc(Br)c1. The second-order valence-electron chi connectivity index (χ2n) is 6.76. The van der Waals surface area contributed by atoms with Crippen LogP contribution in [0.25, 0.3) is 17.1 Å². The summed E-state index contributed by atoms with van der Waals surface area (Å²) >= 11 is 16.8. The molecule has 33 heavy (non-hydrogen) atoms. The van der Waals surface area contributed by atoms with E-state index in [0.717, 1.165) is 21.3 Å². The smallest absolute Gasteiger partial charge is 0.250 e. The van der Waals surface area contributed by atoms with E-state index in [1.54, 1.807) is 30.5 Å². The van der Waals surface area contributed by atoms with E-state index in [-0.39, 0.29) is 11.7 Å². The number of carbonyl (C=O) groups excluding carboxylic acids is 1. The van der Waals surface area contributed by atoms with Crippen molar-refractivity contribution in [3.05, 3.63) is 92.9 Å². The summed E-state index contributed by atoms with van der Waals surface area (Å²) in [6.45, 7) is 0. The number of halogens is 3. The predicted octanol–water partition coefficient (Wildman–Crippen LogP) is 6.25. The van der Waals surface area contributed by atoms with E-state index >= 15 is 0 Å². The van der Waals surface area contributed by atoms with E-state index < -0.39 is 0 Å². The summed E-state index contributed by atoms with van der Waals surface area (Å²) in [5.74, 6) is 0.483. The second kappa shape index (κ2) is 11.0. The van der Waals surface area contributed by atoms with Crippen LogP contribution in [0.4, 0.5) is 0 Å². The molecule has 0 aliphatic carbocycles. The number of rotatable bonds is 7. The first kappa shape index (κ1) is 23.5. The third-order valence-electron chi connectivity index (χ3n) is 4.40. The van der Waals surface area contributed by atoms with Gasteiger partial charge >= 0.3 is 0 Å². The molecule has 1 aromatic heterocycles. The Kier molecular flexibility index (Phi) is 7.82. The van der Waals surface area contributed by atoms with Gasteiger partial charge in [-0.1, -0.05) is 63.0 Å². The van der Waals surface area contributed by atoms with Crippen LogP contribution >= 0.6 is 50.9 Å². The van der Waals surface area contributed by atoms with Crippen molar-refractivity contribution in [3.8, 4) is 17.1 Å². The first-order valence-electron chi connectivity index (χ1n) is 9.67. The van der Waals surface area contributed by atoms with Gasteiger partial charge in [0.25, 0.3) is 5.91 Å². The lowest BCUT2D eigenvalue weighted by Gasteiger charge is -2.10. The Balaban J connectivity index is 1.51. The van der Waals surface area contributed by atoms with Crippen molar-refractivity contribution in [2.75, 3.05) is 5.75 Å². The minimum Gasteiger partial charge on any atom is -0.272 e. The molecule has 6 nitrogen and oxygen atoms in total. The highest BCUT2D eigenvalue weighted by atomic mass is 79.9. The van der Waals surface area contributed by atoms with Crippen molar-refractivity contribution in [2.24, 2.45) is 5.10 Å². The molecule has 1 N–H and O–H groups in total. The number of hydrogen-bond acceptors (Lipinski definition) is 5. The Labute approximate surface area is 213 Å². The second-order valence-corrected chi connectivity index (χ2v) is 9.49. The Morgan fingerprint density at radius 2 is 1.73 bits per heavy atom. The summed E-state index contributed by atoms with van der Waals surface area (Å²) in [7, 11) is 0. The number of aromatic nitrogens is 3. The largest absolute Gasteiger partial charge is 0.272 e. The molecule has 4 aromatic rings. The third kappa shape index (κ3) is 6.23. The molecule has 0 unspecified atom stereocenters. The summed E-state index contributed by atoms with van der Waals surface area (Å²) < 4.78 is 2.81. The van der Waals surface area contributed by atoms with E-state index in [2.05, 4.69) is 36.7 Å². The summed E-state index contributed by atoms with van der Waals surface area (Å²) in [6.07, 6.45) is 1.59. The molecule has 0 radical (unpaired) electrons. The van der Waals surface area contributed by atoms with Crippen LogP contribution in [0, 0.1) is 0 Å². The van der Waals surface area contributed by atoms with Gasteiger partial charge in [0.2, 0.25) is 0 Å². The van der Waals surface area contributed by atoms with Gasteiger partial charge in [0.1, 0.15) is 0 Å². The van der Waals surface area contributed by atoms with Gasteiger partial charge in [-0.25, -0.2) is 5.43 Å². The molecule has 0 aliphatic heterocycles. The molecule has 0 aliphatic rings. The first-order valence-corrected chi connectivity index (χ1v) is 12.2. The van der Waals surface area contributed by atoms with Crippen molar-refractivity contribution in [1.29, 1.82) is 0 Å². The Bertz CT molecular complexity index is 1290. The molecule has 4 rings (SSSR count). The van der Waals surface area contributed by atoms with Gasteiger partial charge in [-0.2, -0.15) is 5.10 Å². The zero-order valence-electron chi connectivity index (χ0n) is 17.0. The maximum Gasteiger partial charge on any atom is 0.250 e. The molecule has 0 saturated heterocycles. The lowest BCUT2D eigenvalue weighted by molar-refractivity contribution is -0.118. The third-order valence-corrected chi connectivity index (χ3v) is 6.33. The summed E-state index contributed by atoms with van der Waals surface area (Å²) in [6, 6.07) is 22.3. The molecule has 0 atom stereocenters. The lowest BCUT2D eigenvalue weighted by atomic mass is 10.2. The number of carbonyl (C=O) groups is 1. The Morgan fingerprint density at radius 1 is 1.03 bits per heavy atom. The van der Waals surface area contributed by atoms with Crippen LogP contribution in [0.5, 0.6) is 0 Å². The fourth-order valence-corrected chi connectivity index (χ4v) is 4.31. The highest BCUT2D eigenvalue weighted by Crippen LogP contribution is 2.29. The van der Waals surface area contributed by atoms with E-state index in [9.17, 15) is 4.79 Å². The molecule has 0 saturated carbocycles. The maximum atomic E-state index is 12.3. The normalized spacial score (nSPS) is 11.1. The maximum absolute atomic E-state index is 12.3. The van der Waals surface area contributed by atoms with E-state index in [1.807, 2.05) is 53.1 Å². The van der Waals surface area contributed by atoms with Crippen LogP contribution in [0.15, 0.2) is 87.5 Å². The van der Waals surface area contributed by atoms with Crippen molar-refractivity contribution in [3.63, 3.8) is 0 Å². The van der Waals surface area contributed by atoms with Gasteiger partial charge in [0.15, 0.2) is 11.0 Å². The molecular formula is C23H16BrCl2N5OS. The minimum atomic E-state index is -0.259. The van der Waals surface area contributed by atoms with Gasteiger partial charge in [0, 0.05) is 25.8 Å². The summed E-state index contributed by atoms with van der Waals surface area (Å²) in [4.78, 5) is 12.3. The van der Waals surface area contributed by atoms with Crippen LogP contribution in [-0.4, -0.2) is 32.6 Å². The molecule has 0 bridgehead atoms. The molecule has 0 fully saturated rings. The van der Waals surface area contributed by atoms with Gasteiger partial charge in [-0.05, 0) is 66.2 Å². The number of benzene rings is 3. The molecule has 1 heterocycles.